The van der Waals surface area contributed by atoms with Crippen LogP contribution in [0.3, 0.4) is 0 Å². The zero-order valence-corrected chi connectivity index (χ0v) is 19.3. The van der Waals surface area contributed by atoms with E-state index in [2.05, 4.69) is 41.6 Å². The molecule has 3 rings (SSSR count). The number of hydrogen-bond donors (Lipinski definition) is 1. The highest BCUT2D eigenvalue weighted by atomic mass is 32.2. The molecule has 0 aliphatic heterocycles. The molecule has 0 radical (unpaired) electrons. The van der Waals surface area contributed by atoms with Gasteiger partial charge in [-0.15, -0.1) is 0 Å². The molecule has 31 heavy (non-hydrogen) atoms. The van der Waals surface area contributed by atoms with Crippen LogP contribution in [0.25, 0.3) is 0 Å². The van der Waals surface area contributed by atoms with Crippen LogP contribution in [0.15, 0.2) is 24.3 Å². The van der Waals surface area contributed by atoms with Gasteiger partial charge < -0.3 is 10.2 Å². The number of aldehydes is 1. The molecule has 0 spiro atoms. The standard InChI is InChI=1S/C23H29N5O2S/c1-16(27(2)15-23(31-4)9-10-23)11-19-20(14-29)28(3)26-21(19)22(30)25-13-18-7-5-17(12-24)6-8-18/h5-8,14,16H,9-11,13,15H2,1-4H3,(H,25,30). The van der Waals surface area contributed by atoms with E-state index in [9.17, 15) is 9.59 Å². The summed E-state index contributed by atoms with van der Waals surface area (Å²) in [6, 6.07) is 9.30. The Morgan fingerprint density at radius 1 is 1.42 bits per heavy atom. The monoisotopic (exact) mass is 439 g/mol. The largest absolute Gasteiger partial charge is 0.347 e. The third-order valence-corrected chi connectivity index (χ3v) is 7.49. The fourth-order valence-electron chi connectivity index (χ4n) is 3.70. The number of hydrogen-bond acceptors (Lipinski definition) is 6. The number of nitriles is 1. The van der Waals surface area contributed by atoms with Crippen LogP contribution in [0.1, 0.15) is 57.4 Å². The van der Waals surface area contributed by atoms with Crippen molar-refractivity contribution in [1.82, 2.24) is 20.0 Å². The molecular formula is C23H29N5O2S. The second kappa shape index (κ2) is 9.67. The Labute approximate surface area is 187 Å². The van der Waals surface area contributed by atoms with E-state index >= 15 is 0 Å². The van der Waals surface area contributed by atoms with E-state index in [4.69, 9.17) is 5.26 Å². The summed E-state index contributed by atoms with van der Waals surface area (Å²) >= 11 is 1.92. The lowest BCUT2D eigenvalue weighted by Gasteiger charge is -2.28. The minimum Gasteiger partial charge on any atom is -0.347 e. The highest BCUT2D eigenvalue weighted by Crippen LogP contribution is 2.47. The zero-order chi connectivity index (χ0) is 22.6. The van der Waals surface area contributed by atoms with Gasteiger partial charge in [-0.05, 0) is 57.2 Å². The molecule has 1 aliphatic carbocycles. The van der Waals surface area contributed by atoms with E-state index < -0.39 is 0 Å². The molecule has 1 aliphatic rings. The first-order valence-corrected chi connectivity index (χ1v) is 11.6. The quantitative estimate of drug-likeness (QED) is 0.573. The second-order valence-corrected chi connectivity index (χ2v) is 9.57. The van der Waals surface area contributed by atoms with Crippen molar-refractivity contribution in [2.45, 2.75) is 43.5 Å². The van der Waals surface area contributed by atoms with Crippen LogP contribution < -0.4 is 5.32 Å². The van der Waals surface area contributed by atoms with Crippen LogP contribution in [-0.4, -0.2) is 57.5 Å². The molecule has 1 N–H and O–H groups in total. The van der Waals surface area contributed by atoms with Gasteiger partial charge in [-0.2, -0.15) is 22.1 Å². The van der Waals surface area contributed by atoms with E-state index in [0.29, 0.717) is 40.2 Å². The van der Waals surface area contributed by atoms with Gasteiger partial charge in [0.15, 0.2) is 12.0 Å². The Morgan fingerprint density at radius 3 is 2.65 bits per heavy atom. The molecule has 1 heterocycles. The maximum absolute atomic E-state index is 12.9. The van der Waals surface area contributed by atoms with Crippen LogP contribution in [0.5, 0.6) is 0 Å². The van der Waals surface area contributed by atoms with Gasteiger partial charge in [-0.1, -0.05) is 12.1 Å². The Hall–Kier alpha value is -2.63. The van der Waals surface area contributed by atoms with Crippen LogP contribution in [0.2, 0.25) is 0 Å². The summed E-state index contributed by atoms with van der Waals surface area (Å²) in [6.45, 7) is 3.44. The van der Waals surface area contributed by atoms with Gasteiger partial charge >= 0.3 is 0 Å². The van der Waals surface area contributed by atoms with E-state index in [-0.39, 0.29) is 11.9 Å². The van der Waals surface area contributed by atoms with Crippen molar-refractivity contribution < 1.29 is 9.59 Å². The predicted octanol–water partition coefficient (Wildman–Crippen LogP) is 2.79. The molecule has 1 atom stereocenters. The van der Waals surface area contributed by atoms with E-state index in [0.717, 1.165) is 18.4 Å². The van der Waals surface area contributed by atoms with Gasteiger partial charge in [0.2, 0.25) is 0 Å². The Bertz CT molecular complexity index is 989. The molecule has 1 aromatic carbocycles. The molecule has 1 fully saturated rings. The number of carbonyl (C=O) groups is 2. The van der Waals surface area contributed by atoms with E-state index in [1.807, 2.05) is 23.9 Å². The van der Waals surface area contributed by atoms with E-state index in [1.165, 1.54) is 17.5 Å². The minimum absolute atomic E-state index is 0.164. The summed E-state index contributed by atoms with van der Waals surface area (Å²) < 4.78 is 1.84. The number of nitrogens with one attached hydrogen (secondary N) is 1. The lowest BCUT2D eigenvalue weighted by Crippen LogP contribution is -2.37. The van der Waals surface area contributed by atoms with Gasteiger partial charge in [-0.3, -0.25) is 14.3 Å². The lowest BCUT2D eigenvalue weighted by atomic mass is 10.0. The summed E-state index contributed by atoms with van der Waals surface area (Å²) in [5, 5.41) is 16.1. The zero-order valence-electron chi connectivity index (χ0n) is 18.5. The predicted molar refractivity (Wildman–Crippen MR) is 122 cm³/mol. The molecule has 1 unspecified atom stereocenters. The molecule has 164 valence electrons. The van der Waals surface area contributed by atoms with Crippen LogP contribution in [0, 0.1) is 11.3 Å². The van der Waals surface area contributed by atoms with Crippen LogP contribution in [0.4, 0.5) is 0 Å². The average Bonchev–Trinajstić information content (AvgIpc) is 3.48. The van der Waals surface area contributed by atoms with Gasteiger partial charge in [0.25, 0.3) is 5.91 Å². The van der Waals surface area contributed by atoms with Crippen molar-refractivity contribution in [1.29, 1.82) is 5.26 Å². The van der Waals surface area contributed by atoms with Crippen molar-refractivity contribution >= 4 is 24.0 Å². The highest BCUT2D eigenvalue weighted by Gasteiger charge is 2.43. The van der Waals surface area contributed by atoms with Crippen LogP contribution >= 0.6 is 11.8 Å². The highest BCUT2D eigenvalue weighted by molar-refractivity contribution is 8.00. The van der Waals surface area contributed by atoms with Crippen molar-refractivity contribution in [2.75, 3.05) is 19.8 Å². The maximum atomic E-state index is 12.9. The topological polar surface area (TPSA) is 91.0 Å². The molecule has 8 heteroatoms. The Kier molecular flexibility index (Phi) is 7.19. The number of amides is 1. The van der Waals surface area contributed by atoms with Crippen molar-refractivity contribution in [3.05, 3.63) is 52.3 Å². The number of aryl methyl sites for hydroxylation is 1. The third kappa shape index (κ3) is 5.35. The first-order chi connectivity index (χ1) is 14.8. The molecule has 1 aromatic heterocycles. The summed E-state index contributed by atoms with van der Waals surface area (Å²) in [5.74, 6) is -0.305. The second-order valence-electron chi connectivity index (χ2n) is 8.30. The smallest absolute Gasteiger partial charge is 0.272 e. The lowest BCUT2D eigenvalue weighted by molar-refractivity contribution is 0.0943. The SMILES string of the molecule is CSC1(CN(C)C(C)Cc2c(C(=O)NCc3ccc(C#N)cc3)nn(C)c2C=O)CC1. The fourth-order valence-corrected chi connectivity index (χ4v) is 4.55. The van der Waals surface area contributed by atoms with E-state index in [1.54, 1.807) is 19.2 Å². The molecule has 0 bridgehead atoms. The van der Waals surface area contributed by atoms with Crippen molar-refractivity contribution in [3.63, 3.8) is 0 Å². The molecule has 1 amide bonds. The van der Waals surface area contributed by atoms with Gasteiger partial charge in [0, 0.05) is 36.5 Å². The van der Waals surface area contributed by atoms with Crippen molar-refractivity contribution in [2.24, 2.45) is 7.05 Å². The number of carbonyl (C=O) groups excluding carboxylic acids is 2. The molecule has 2 aromatic rings. The third-order valence-electron chi connectivity index (χ3n) is 6.09. The van der Waals surface area contributed by atoms with Crippen LogP contribution in [-0.2, 0) is 20.0 Å². The average molecular weight is 440 g/mol. The normalized spacial score (nSPS) is 15.4. The maximum Gasteiger partial charge on any atom is 0.272 e. The molecule has 7 nitrogen and oxygen atoms in total. The number of likely N-dealkylation sites (N-methyl/N-ethyl adjacent to an activating group) is 1. The number of aromatic nitrogens is 2. The van der Waals surface area contributed by atoms with Crippen molar-refractivity contribution in [3.8, 4) is 6.07 Å². The molecular weight excluding hydrogens is 410 g/mol. The molecule has 1 saturated carbocycles. The Morgan fingerprint density at radius 2 is 2.10 bits per heavy atom. The first kappa shape index (κ1) is 23.0. The number of nitrogens with zero attached hydrogens (tertiary/aromatic N) is 4. The van der Waals surface area contributed by atoms with Gasteiger partial charge in [0.05, 0.1) is 11.6 Å². The summed E-state index contributed by atoms with van der Waals surface area (Å²) in [4.78, 5) is 26.9. The first-order valence-electron chi connectivity index (χ1n) is 10.4. The number of thioether (sulfide) groups is 1. The van der Waals surface area contributed by atoms with Gasteiger partial charge in [0.1, 0.15) is 5.69 Å². The fraction of sp³-hybridized carbons (Fsp3) is 0.478. The summed E-state index contributed by atoms with van der Waals surface area (Å²) in [6.07, 6.45) is 5.98. The molecule has 0 saturated heterocycles. The number of rotatable bonds is 10. The Balaban J connectivity index is 1.72. The summed E-state index contributed by atoms with van der Waals surface area (Å²) in [7, 11) is 3.79. The summed E-state index contributed by atoms with van der Waals surface area (Å²) in [5.41, 5.74) is 2.88. The minimum atomic E-state index is -0.305. The van der Waals surface area contributed by atoms with Gasteiger partial charge in [-0.25, -0.2) is 0 Å². The number of benzene rings is 1.